The number of pyridine rings is 1. The molecule has 1 amide bonds. The molecule has 9 heteroatoms. The minimum Gasteiger partial charge on any atom is -0.337 e. The van der Waals surface area contributed by atoms with Gasteiger partial charge in [0.05, 0.1) is 27.7 Å². The van der Waals surface area contributed by atoms with E-state index in [1.54, 1.807) is 17.5 Å². The number of nitrogens with one attached hydrogen (secondary N) is 1. The second kappa shape index (κ2) is 9.89. The summed E-state index contributed by atoms with van der Waals surface area (Å²) in [6.07, 6.45) is 3.92. The number of fused-ring (bicyclic) bond motifs is 1. The average Bonchev–Trinajstić information content (AvgIpc) is 3.36. The molecule has 29 heavy (non-hydrogen) atoms. The maximum Gasteiger partial charge on any atom is 0.254 e. The van der Waals surface area contributed by atoms with Crippen molar-refractivity contribution in [1.82, 2.24) is 25.0 Å². The molecule has 1 aliphatic heterocycles. The van der Waals surface area contributed by atoms with Crippen LogP contribution in [0.4, 0.5) is 0 Å². The Balaban J connectivity index is 0.00000150. The molecule has 1 saturated heterocycles. The van der Waals surface area contributed by atoms with E-state index in [0.29, 0.717) is 11.6 Å². The Morgan fingerprint density at radius 2 is 2.14 bits per heavy atom. The van der Waals surface area contributed by atoms with Gasteiger partial charge < -0.3 is 10.2 Å². The third kappa shape index (κ3) is 4.58. The van der Waals surface area contributed by atoms with Gasteiger partial charge in [0.1, 0.15) is 0 Å². The number of carbonyl (C=O) groups excluding carboxylic acids is 1. The van der Waals surface area contributed by atoms with E-state index in [1.807, 2.05) is 40.2 Å². The van der Waals surface area contributed by atoms with Crippen LogP contribution in [-0.2, 0) is 0 Å². The fourth-order valence-corrected chi connectivity index (χ4v) is 4.38. The third-order valence-electron chi connectivity index (χ3n) is 5.18. The van der Waals surface area contributed by atoms with Crippen LogP contribution in [0.2, 0.25) is 0 Å². The number of hydrogen-bond donors (Lipinski definition) is 1. The van der Waals surface area contributed by atoms with Crippen LogP contribution in [0.25, 0.3) is 21.6 Å². The minimum atomic E-state index is 0. The molecule has 3 aromatic rings. The Morgan fingerprint density at radius 3 is 2.79 bits per heavy atom. The summed E-state index contributed by atoms with van der Waals surface area (Å²) in [5.74, 6) is 0.0727. The van der Waals surface area contributed by atoms with E-state index in [4.69, 9.17) is 4.98 Å². The van der Waals surface area contributed by atoms with Crippen molar-refractivity contribution >= 4 is 53.1 Å². The van der Waals surface area contributed by atoms with Crippen molar-refractivity contribution in [2.24, 2.45) is 0 Å². The van der Waals surface area contributed by atoms with Crippen molar-refractivity contribution in [3.8, 4) is 10.6 Å². The molecule has 0 spiro atoms. The molecule has 1 aliphatic rings. The van der Waals surface area contributed by atoms with Crippen molar-refractivity contribution < 1.29 is 4.79 Å². The van der Waals surface area contributed by atoms with Gasteiger partial charge in [-0.1, -0.05) is 6.07 Å². The normalized spacial score (nSPS) is 16.6. The van der Waals surface area contributed by atoms with Gasteiger partial charge in [-0.15, -0.1) is 36.2 Å². The molecule has 0 aliphatic carbocycles. The van der Waals surface area contributed by atoms with Gasteiger partial charge in [-0.05, 0) is 51.2 Å². The van der Waals surface area contributed by atoms with E-state index in [-0.39, 0.29) is 36.8 Å². The Bertz CT molecular complexity index is 957. The fraction of sp³-hybridized carbons (Fsp3) is 0.450. The number of piperidine rings is 1. The molecule has 0 radical (unpaired) electrons. The summed E-state index contributed by atoms with van der Waals surface area (Å²) < 4.78 is 1.90. The smallest absolute Gasteiger partial charge is 0.254 e. The zero-order valence-corrected chi connectivity index (χ0v) is 19.2. The molecule has 0 saturated carbocycles. The predicted molar refractivity (Wildman–Crippen MR) is 124 cm³/mol. The van der Waals surface area contributed by atoms with E-state index >= 15 is 0 Å². The van der Waals surface area contributed by atoms with Gasteiger partial charge in [-0.25, -0.2) is 9.67 Å². The number of thiophene rings is 1. The Hall–Kier alpha value is -1.67. The van der Waals surface area contributed by atoms with Gasteiger partial charge in [-0.3, -0.25) is 4.79 Å². The van der Waals surface area contributed by atoms with E-state index in [9.17, 15) is 4.79 Å². The zero-order valence-electron chi connectivity index (χ0n) is 16.8. The second-order valence-electron chi connectivity index (χ2n) is 7.33. The predicted octanol–water partition coefficient (Wildman–Crippen LogP) is 4.41. The molecular formula is C20H27Cl2N5OS. The molecule has 1 N–H and O–H groups in total. The summed E-state index contributed by atoms with van der Waals surface area (Å²) in [5.41, 5.74) is 2.32. The van der Waals surface area contributed by atoms with E-state index in [1.165, 1.54) is 0 Å². The highest BCUT2D eigenvalue weighted by Crippen LogP contribution is 2.30. The number of nitrogens with zero attached hydrogens (tertiary/aromatic N) is 4. The molecular weight excluding hydrogens is 429 g/mol. The largest absolute Gasteiger partial charge is 0.337 e. The number of likely N-dealkylation sites (tertiary alicyclic amines) is 1. The van der Waals surface area contributed by atoms with Gasteiger partial charge in [0.2, 0.25) is 0 Å². The molecule has 1 unspecified atom stereocenters. The van der Waals surface area contributed by atoms with Crippen molar-refractivity contribution in [2.75, 3.05) is 20.1 Å². The molecule has 6 nitrogen and oxygen atoms in total. The summed E-state index contributed by atoms with van der Waals surface area (Å²) in [6.45, 7) is 5.70. The van der Waals surface area contributed by atoms with Gasteiger partial charge in [0.15, 0.2) is 5.65 Å². The summed E-state index contributed by atoms with van der Waals surface area (Å²) in [4.78, 5) is 21.3. The highest BCUT2D eigenvalue weighted by Gasteiger charge is 2.26. The molecule has 1 fully saturated rings. The number of halogens is 2. The Labute approximate surface area is 187 Å². The standard InChI is InChI=1S/C20H25N5OS.2ClH/c1-13(2)25-19-16(11-22-25)15(10-17(23-19)18-7-5-9-27-18)20(26)24-8-4-6-14(12-24)21-3;;/h5,7,9-11,13-14,21H,4,6,8,12H2,1-3H3;2*1H. The zero-order chi connectivity index (χ0) is 19.0. The molecule has 1 atom stereocenters. The summed E-state index contributed by atoms with van der Waals surface area (Å²) in [7, 11) is 1.96. The molecule has 158 valence electrons. The molecule has 4 heterocycles. The first-order valence-electron chi connectivity index (χ1n) is 9.47. The SMILES string of the molecule is CNC1CCCN(C(=O)c2cc(-c3cccs3)nc3c2cnn3C(C)C)C1.Cl.Cl. The lowest BCUT2D eigenvalue weighted by molar-refractivity contribution is 0.0700. The number of carbonyl (C=O) groups is 1. The average molecular weight is 456 g/mol. The highest BCUT2D eigenvalue weighted by atomic mass is 35.5. The van der Waals surface area contributed by atoms with Gasteiger partial charge in [0, 0.05) is 25.2 Å². The van der Waals surface area contributed by atoms with Gasteiger partial charge in [0.25, 0.3) is 5.91 Å². The van der Waals surface area contributed by atoms with Gasteiger partial charge >= 0.3 is 0 Å². The molecule has 0 aromatic carbocycles. The topological polar surface area (TPSA) is 63.1 Å². The van der Waals surface area contributed by atoms with Crippen LogP contribution < -0.4 is 5.32 Å². The first-order valence-corrected chi connectivity index (χ1v) is 10.3. The second-order valence-corrected chi connectivity index (χ2v) is 8.28. The van der Waals surface area contributed by atoms with E-state index in [0.717, 1.165) is 47.5 Å². The number of aromatic nitrogens is 3. The van der Waals surface area contributed by atoms with Crippen LogP contribution in [0.5, 0.6) is 0 Å². The first-order chi connectivity index (χ1) is 13.1. The lowest BCUT2D eigenvalue weighted by atomic mass is 10.0. The van der Waals surface area contributed by atoms with Crippen molar-refractivity contribution in [3.05, 3.63) is 35.3 Å². The number of likely N-dealkylation sites (N-methyl/N-ethyl adjacent to an activating group) is 1. The van der Waals surface area contributed by atoms with Crippen molar-refractivity contribution in [1.29, 1.82) is 0 Å². The molecule has 0 bridgehead atoms. The van der Waals surface area contributed by atoms with Crippen LogP contribution in [0.15, 0.2) is 29.8 Å². The Kier molecular flexibility index (Phi) is 8.05. The molecule has 3 aromatic heterocycles. The number of amides is 1. The van der Waals surface area contributed by atoms with Crippen LogP contribution in [0.1, 0.15) is 43.1 Å². The van der Waals surface area contributed by atoms with Crippen molar-refractivity contribution in [3.63, 3.8) is 0 Å². The monoisotopic (exact) mass is 455 g/mol. The summed E-state index contributed by atoms with van der Waals surface area (Å²) in [5, 5.41) is 10.7. The Morgan fingerprint density at radius 1 is 1.34 bits per heavy atom. The number of rotatable bonds is 4. The van der Waals surface area contributed by atoms with Gasteiger partial charge in [-0.2, -0.15) is 5.10 Å². The lowest BCUT2D eigenvalue weighted by Crippen LogP contribution is -2.47. The summed E-state index contributed by atoms with van der Waals surface area (Å²) in [6, 6.07) is 6.53. The third-order valence-corrected chi connectivity index (χ3v) is 6.07. The minimum absolute atomic E-state index is 0. The maximum atomic E-state index is 13.4. The fourth-order valence-electron chi connectivity index (χ4n) is 3.69. The summed E-state index contributed by atoms with van der Waals surface area (Å²) >= 11 is 1.63. The quantitative estimate of drug-likeness (QED) is 0.632. The van der Waals surface area contributed by atoms with E-state index < -0.39 is 0 Å². The van der Waals surface area contributed by atoms with Crippen LogP contribution in [0.3, 0.4) is 0 Å². The van der Waals surface area contributed by atoms with Crippen LogP contribution in [-0.4, -0.2) is 51.8 Å². The van der Waals surface area contributed by atoms with Crippen molar-refractivity contribution in [2.45, 2.75) is 38.8 Å². The maximum absolute atomic E-state index is 13.4. The van der Waals surface area contributed by atoms with Crippen LogP contribution in [0, 0.1) is 0 Å². The lowest BCUT2D eigenvalue weighted by Gasteiger charge is -2.32. The van der Waals surface area contributed by atoms with Crippen LogP contribution >= 0.6 is 36.2 Å². The first kappa shape index (κ1) is 23.6. The number of hydrogen-bond acceptors (Lipinski definition) is 5. The highest BCUT2D eigenvalue weighted by molar-refractivity contribution is 7.13. The molecule has 4 rings (SSSR count). The van der Waals surface area contributed by atoms with E-state index in [2.05, 4.69) is 24.3 Å².